The van der Waals surface area contributed by atoms with E-state index in [0.29, 0.717) is 23.9 Å². The summed E-state index contributed by atoms with van der Waals surface area (Å²) in [6.45, 7) is 3.50. The molecule has 0 amide bonds. The van der Waals surface area contributed by atoms with Crippen LogP contribution in [0.1, 0.15) is 23.6 Å². The lowest BCUT2D eigenvalue weighted by molar-refractivity contribution is 0.257. The normalized spacial score (nSPS) is 21.4. The van der Waals surface area contributed by atoms with E-state index in [1.54, 1.807) is 6.20 Å². The minimum atomic E-state index is 0.0969. The van der Waals surface area contributed by atoms with Crippen LogP contribution in [0.5, 0.6) is 0 Å². The molecule has 2 atom stereocenters. The van der Waals surface area contributed by atoms with Gasteiger partial charge >= 0.3 is 0 Å². The van der Waals surface area contributed by atoms with Crippen molar-refractivity contribution in [3.05, 3.63) is 76.5 Å². The Morgan fingerprint density at radius 3 is 2.88 bits per heavy atom. The van der Waals surface area contributed by atoms with E-state index in [0.717, 1.165) is 25.5 Å². The molecule has 1 saturated heterocycles. The van der Waals surface area contributed by atoms with Gasteiger partial charge in [0.25, 0.3) is 5.56 Å². The third-order valence-corrected chi connectivity index (χ3v) is 5.66. The monoisotopic (exact) mass is 346 g/mol. The lowest BCUT2D eigenvalue weighted by atomic mass is 9.84. The van der Waals surface area contributed by atoms with Gasteiger partial charge in [0.15, 0.2) is 0 Å². The minimum Gasteiger partial charge on any atom is -0.326 e. The summed E-state index contributed by atoms with van der Waals surface area (Å²) in [6.07, 6.45) is 4.92. The van der Waals surface area contributed by atoms with Gasteiger partial charge in [-0.1, -0.05) is 30.3 Å². The van der Waals surface area contributed by atoms with Gasteiger partial charge < -0.3 is 14.5 Å². The maximum atomic E-state index is 13.2. The van der Waals surface area contributed by atoms with E-state index in [-0.39, 0.29) is 5.56 Å². The fourth-order valence-corrected chi connectivity index (χ4v) is 4.42. The third kappa shape index (κ3) is 2.59. The zero-order valence-corrected chi connectivity index (χ0v) is 14.6. The zero-order valence-electron chi connectivity index (χ0n) is 14.6. The van der Waals surface area contributed by atoms with Crippen LogP contribution in [-0.2, 0) is 13.1 Å². The van der Waals surface area contributed by atoms with E-state index >= 15 is 0 Å². The fourth-order valence-electron chi connectivity index (χ4n) is 4.42. The molecular weight excluding hydrogens is 324 g/mol. The highest BCUT2D eigenvalue weighted by Crippen LogP contribution is 2.32. The molecule has 5 nitrogen and oxygen atoms in total. The van der Waals surface area contributed by atoms with Gasteiger partial charge in [-0.3, -0.25) is 4.79 Å². The van der Waals surface area contributed by atoms with Gasteiger partial charge in [-0.2, -0.15) is 0 Å². The fraction of sp³-hybridized carbons (Fsp3) is 0.333. The maximum Gasteiger partial charge on any atom is 0.261 e. The van der Waals surface area contributed by atoms with Crippen molar-refractivity contribution < 1.29 is 0 Å². The van der Waals surface area contributed by atoms with Crippen molar-refractivity contribution in [3.63, 3.8) is 0 Å². The van der Waals surface area contributed by atoms with E-state index in [1.807, 2.05) is 35.0 Å². The molecule has 2 aliphatic rings. The average molecular weight is 346 g/mol. The molecule has 2 aliphatic heterocycles. The van der Waals surface area contributed by atoms with Crippen molar-refractivity contribution in [2.45, 2.75) is 25.4 Å². The first kappa shape index (κ1) is 15.6. The van der Waals surface area contributed by atoms with Gasteiger partial charge in [-0.15, -0.1) is 0 Å². The molecule has 1 aromatic carbocycles. The molecule has 2 aromatic heterocycles. The Kier molecular flexibility index (Phi) is 3.75. The molecule has 5 rings (SSSR count). The highest BCUT2D eigenvalue weighted by atomic mass is 16.1. The van der Waals surface area contributed by atoms with Crippen molar-refractivity contribution in [1.82, 2.24) is 19.4 Å². The number of pyridine rings is 1. The Morgan fingerprint density at radius 2 is 2.00 bits per heavy atom. The van der Waals surface area contributed by atoms with Crippen LogP contribution in [-0.4, -0.2) is 27.2 Å². The Hall–Kier alpha value is -2.66. The Labute approximate surface area is 152 Å². The maximum absolute atomic E-state index is 13.2. The number of nitrogens with one attached hydrogen (secondary N) is 1. The Morgan fingerprint density at radius 1 is 1.12 bits per heavy atom. The summed E-state index contributed by atoms with van der Waals surface area (Å²) in [4.78, 5) is 17.7. The molecular formula is C21H22N4O. The molecule has 3 aromatic rings. The lowest BCUT2D eigenvalue weighted by Crippen LogP contribution is -2.45. The highest BCUT2D eigenvalue weighted by Gasteiger charge is 2.31. The number of hydrogen-bond acceptors (Lipinski definition) is 3. The highest BCUT2D eigenvalue weighted by molar-refractivity contribution is 5.55. The predicted octanol–water partition coefficient (Wildman–Crippen LogP) is 2.47. The summed E-state index contributed by atoms with van der Waals surface area (Å²) in [5, 5.41) is 3.49. The standard InChI is InChI=1S/C21H22N4O/c26-21-18(6-7-19-17-10-16(11-22-12-17)14-25(19)21)20-23-8-9-24(20)13-15-4-2-1-3-5-15/h1-9,16-17,22H,10-14H2/t16-,17+/m0/s1. The summed E-state index contributed by atoms with van der Waals surface area (Å²) in [7, 11) is 0. The summed E-state index contributed by atoms with van der Waals surface area (Å²) in [6, 6.07) is 14.4. The van der Waals surface area contributed by atoms with Gasteiger partial charge in [-0.05, 0) is 36.6 Å². The molecule has 0 spiro atoms. The van der Waals surface area contributed by atoms with Crippen LogP contribution in [0.3, 0.4) is 0 Å². The van der Waals surface area contributed by atoms with Crippen LogP contribution in [0, 0.1) is 5.92 Å². The van der Waals surface area contributed by atoms with Crippen LogP contribution in [0.25, 0.3) is 11.4 Å². The molecule has 26 heavy (non-hydrogen) atoms. The second-order valence-corrected chi connectivity index (χ2v) is 7.41. The summed E-state index contributed by atoms with van der Waals surface area (Å²) < 4.78 is 4.06. The smallest absolute Gasteiger partial charge is 0.261 e. The lowest BCUT2D eigenvalue weighted by Gasteiger charge is -2.37. The first-order chi connectivity index (χ1) is 12.8. The van der Waals surface area contributed by atoms with Crippen molar-refractivity contribution in [2.24, 2.45) is 5.92 Å². The van der Waals surface area contributed by atoms with E-state index < -0.39 is 0 Å². The van der Waals surface area contributed by atoms with E-state index in [4.69, 9.17) is 0 Å². The van der Waals surface area contributed by atoms with Crippen LogP contribution >= 0.6 is 0 Å². The molecule has 4 heterocycles. The first-order valence-corrected chi connectivity index (χ1v) is 9.29. The second-order valence-electron chi connectivity index (χ2n) is 7.41. The second kappa shape index (κ2) is 6.25. The number of imidazole rings is 1. The number of piperidine rings is 1. The van der Waals surface area contributed by atoms with Gasteiger partial charge in [-0.25, -0.2) is 4.98 Å². The van der Waals surface area contributed by atoms with Crippen molar-refractivity contribution in [2.75, 3.05) is 13.1 Å². The van der Waals surface area contributed by atoms with Gasteiger partial charge in [0.1, 0.15) is 5.82 Å². The molecule has 1 N–H and O–H groups in total. The number of aromatic nitrogens is 3. The summed E-state index contributed by atoms with van der Waals surface area (Å²) in [5.41, 5.74) is 3.16. The predicted molar refractivity (Wildman–Crippen MR) is 101 cm³/mol. The van der Waals surface area contributed by atoms with E-state index in [1.165, 1.54) is 17.7 Å². The number of rotatable bonds is 3. The Balaban J connectivity index is 1.55. The third-order valence-electron chi connectivity index (χ3n) is 5.66. The quantitative estimate of drug-likeness (QED) is 0.793. The van der Waals surface area contributed by atoms with Gasteiger partial charge in [0, 0.05) is 43.6 Å². The number of benzene rings is 1. The van der Waals surface area contributed by atoms with Crippen molar-refractivity contribution >= 4 is 0 Å². The molecule has 2 bridgehead atoms. The number of nitrogens with zero attached hydrogens (tertiary/aromatic N) is 3. The van der Waals surface area contributed by atoms with Crippen LogP contribution in [0.15, 0.2) is 59.7 Å². The number of hydrogen-bond donors (Lipinski definition) is 1. The van der Waals surface area contributed by atoms with Gasteiger partial charge in [0.05, 0.1) is 5.56 Å². The van der Waals surface area contributed by atoms with E-state index in [2.05, 4.69) is 33.1 Å². The average Bonchev–Trinajstić information content (AvgIpc) is 3.12. The van der Waals surface area contributed by atoms with Gasteiger partial charge in [0.2, 0.25) is 0 Å². The molecule has 132 valence electrons. The Bertz CT molecular complexity index is 989. The molecule has 0 aliphatic carbocycles. The number of fused-ring (bicyclic) bond motifs is 4. The molecule has 5 heteroatoms. The van der Waals surface area contributed by atoms with Crippen LogP contribution < -0.4 is 10.9 Å². The SMILES string of the molecule is O=c1c(-c2nccn2Cc2ccccc2)ccc2n1C[C@@H]1CNC[C@H]2C1. The topological polar surface area (TPSA) is 51.9 Å². The molecule has 1 fully saturated rings. The van der Waals surface area contributed by atoms with Crippen LogP contribution in [0.2, 0.25) is 0 Å². The van der Waals surface area contributed by atoms with Crippen molar-refractivity contribution in [3.8, 4) is 11.4 Å². The molecule has 0 saturated carbocycles. The first-order valence-electron chi connectivity index (χ1n) is 9.29. The largest absolute Gasteiger partial charge is 0.326 e. The van der Waals surface area contributed by atoms with Crippen LogP contribution in [0.4, 0.5) is 0 Å². The summed E-state index contributed by atoms with van der Waals surface area (Å²) in [5.74, 6) is 1.76. The van der Waals surface area contributed by atoms with Crippen molar-refractivity contribution in [1.29, 1.82) is 0 Å². The van der Waals surface area contributed by atoms with E-state index in [9.17, 15) is 4.79 Å². The molecule has 0 unspecified atom stereocenters. The molecule has 0 radical (unpaired) electrons. The minimum absolute atomic E-state index is 0.0969. The zero-order chi connectivity index (χ0) is 17.5. The summed E-state index contributed by atoms with van der Waals surface area (Å²) >= 11 is 0.